The Morgan fingerprint density at radius 2 is 1.59 bits per heavy atom. The summed E-state index contributed by atoms with van der Waals surface area (Å²) in [5.74, 6) is -1.11. The Kier molecular flexibility index (Phi) is 3.06. The number of nitro groups is 1. The zero-order valence-corrected chi connectivity index (χ0v) is 11.1. The molecule has 0 aliphatic carbocycles. The van der Waals surface area contributed by atoms with Crippen LogP contribution in [0.4, 0.5) is 5.69 Å². The number of carbonyl (C=O) groups excluding carboxylic acids is 2. The van der Waals surface area contributed by atoms with Gasteiger partial charge in [-0.05, 0) is 6.07 Å². The van der Waals surface area contributed by atoms with E-state index in [0.717, 1.165) is 11.0 Å². The highest BCUT2D eigenvalue weighted by Crippen LogP contribution is 2.27. The number of carbonyl (C=O) groups is 2. The zero-order chi connectivity index (χ0) is 15.9. The van der Waals surface area contributed by atoms with E-state index >= 15 is 0 Å². The minimum absolute atomic E-state index is 0.0141. The highest BCUT2D eigenvalue weighted by molar-refractivity contribution is 6.21. The van der Waals surface area contributed by atoms with E-state index in [4.69, 9.17) is 0 Å². The Morgan fingerprint density at radius 1 is 0.955 bits per heavy atom. The van der Waals surface area contributed by atoms with Gasteiger partial charge in [0.05, 0.1) is 16.1 Å². The molecule has 1 aliphatic heterocycles. The van der Waals surface area contributed by atoms with Crippen molar-refractivity contribution >= 4 is 17.5 Å². The summed E-state index contributed by atoms with van der Waals surface area (Å²) in [7, 11) is 0. The smallest absolute Gasteiger partial charge is 0.270 e. The van der Waals surface area contributed by atoms with Crippen LogP contribution in [-0.4, -0.2) is 26.2 Å². The van der Waals surface area contributed by atoms with Crippen molar-refractivity contribution in [2.24, 2.45) is 0 Å². The lowest BCUT2D eigenvalue weighted by molar-refractivity contribution is -0.384. The van der Waals surface area contributed by atoms with E-state index in [1.54, 1.807) is 0 Å². The molecule has 0 spiro atoms. The van der Waals surface area contributed by atoms with Gasteiger partial charge in [-0.25, -0.2) is 0 Å². The Morgan fingerprint density at radius 3 is 2.23 bits per heavy atom. The van der Waals surface area contributed by atoms with E-state index in [1.807, 2.05) is 0 Å². The van der Waals surface area contributed by atoms with Crippen molar-refractivity contribution in [3.63, 3.8) is 0 Å². The molecule has 3 rings (SSSR count). The maximum Gasteiger partial charge on any atom is 0.270 e. The van der Waals surface area contributed by atoms with Crippen LogP contribution < -0.4 is 5.43 Å². The fraction of sp³-hybridized carbons (Fsp3) is 0.0714. The van der Waals surface area contributed by atoms with E-state index in [9.17, 15) is 24.5 Å². The summed E-state index contributed by atoms with van der Waals surface area (Å²) >= 11 is 0. The van der Waals surface area contributed by atoms with Crippen LogP contribution >= 0.6 is 0 Å². The summed E-state index contributed by atoms with van der Waals surface area (Å²) in [6, 6.07) is 6.18. The molecule has 0 unspecified atom stereocenters. The second kappa shape index (κ2) is 4.92. The maximum atomic E-state index is 12.3. The predicted octanol–water partition coefficient (Wildman–Crippen LogP) is 1.01. The Hall–Kier alpha value is -3.29. The predicted molar refractivity (Wildman–Crippen MR) is 74.3 cm³/mol. The van der Waals surface area contributed by atoms with E-state index in [-0.39, 0.29) is 28.9 Å². The molecule has 8 nitrogen and oxygen atoms in total. The van der Waals surface area contributed by atoms with Crippen LogP contribution in [0.25, 0.3) is 0 Å². The molecule has 2 aromatic rings. The molecule has 2 amide bonds. The molecular formula is C14H9N3O5. The molecule has 22 heavy (non-hydrogen) atoms. The lowest BCUT2D eigenvalue weighted by Gasteiger charge is -2.15. The summed E-state index contributed by atoms with van der Waals surface area (Å²) in [4.78, 5) is 46.6. The van der Waals surface area contributed by atoms with E-state index < -0.39 is 16.7 Å². The molecular weight excluding hydrogens is 290 g/mol. The summed E-state index contributed by atoms with van der Waals surface area (Å²) < 4.78 is 1.50. The molecule has 110 valence electrons. The van der Waals surface area contributed by atoms with Crippen LogP contribution in [0.3, 0.4) is 0 Å². The Bertz CT molecular complexity index is 851. The SMILES string of the molecule is O=C1c2ccc([N+](=O)[O-])cc2C(=O)N1Cn1ccc(=O)cc1. The number of benzene rings is 1. The van der Waals surface area contributed by atoms with Gasteiger partial charge < -0.3 is 4.57 Å². The zero-order valence-electron chi connectivity index (χ0n) is 11.1. The number of amides is 2. The highest BCUT2D eigenvalue weighted by Gasteiger charge is 2.36. The minimum atomic E-state index is -0.623. The normalized spacial score (nSPS) is 13.4. The van der Waals surface area contributed by atoms with Crippen molar-refractivity contribution in [1.29, 1.82) is 0 Å². The van der Waals surface area contributed by atoms with Crippen LogP contribution in [0.15, 0.2) is 47.5 Å². The van der Waals surface area contributed by atoms with Crippen LogP contribution in [0, 0.1) is 10.1 Å². The number of nitro benzene ring substituents is 1. The van der Waals surface area contributed by atoms with Gasteiger partial charge in [-0.1, -0.05) is 0 Å². The molecule has 2 heterocycles. The van der Waals surface area contributed by atoms with Gasteiger partial charge in [0.25, 0.3) is 17.5 Å². The first-order valence-corrected chi connectivity index (χ1v) is 6.28. The van der Waals surface area contributed by atoms with Crippen LogP contribution in [-0.2, 0) is 6.67 Å². The number of non-ortho nitro benzene ring substituents is 1. The van der Waals surface area contributed by atoms with Crippen molar-refractivity contribution in [3.05, 3.63) is 74.2 Å². The number of imide groups is 1. The molecule has 0 bridgehead atoms. The first-order chi connectivity index (χ1) is 10.5. The van der Waals surface area contributed by atoms with Crippen LogP contribution in [0.2, 0.25) is 0 Å². The van der Waals surface area contributed by atoms with Crippen molar-refractivity contribution in [1.82, 2.24) is 9.47 Å². The maximum absolute atomic E-state index is 12.3. The molecule has 0 radical (unpaired) electrons. The third kappa shape index (κ3) is 2.16. The third-order valence-corrected chi connectivity index (χ3v) is 3.33. The first kappa shape index (κ1) is 13.7. The van der Waals surface area contributed by atoms with Gasteiger partial charge in [-0.3, -0.25) is 29.4 Å². The van der Waals surface area contributed by atoms with Gasteiger partial charge >= 0.3 is 0 Å². The Balaban J connectivity index is 1.94. The first-order valence-electron chi connectivity index (χ1n) is 6.28. The van der Waals surface area contributed by atoms with Crippen molar-refractivity contribution in [2.45, 2.75) is 6.67 Å². The number of hydrogen-bond acceptors (Lipinski definition) is 5. The fourth-order valence-electron chi connectivity index (χ4n) is 2.22. The highest BCUT2D eigenvalue weighted by atomic mass is 16.6. The summed E-state index contributed by atoms with van der Waals surface area (Å²) in [6.45, 7) is -0.0690. The molecule has 8 heteroatoms. The van der Waals surface area contributed by atoms with Gasteiger partial charge in [-0.2, -0.15) is 0 Å². The molecule has 0 fully saturated rings. The van der Waals surface area contributed by atoms with Gasteiger partial charge in [0, 0.05) is 36.7 Å². The van der Waals surface area contributed by atoms with Crippen LogP contribution in [0.1, 0.15) is 20.7 Å². The molecule has 1 aliphatic rings. The number of fused-ring (bicyclic) bond motifs is 1. The lowest BCUT2D eigenvalue weighted by Crippen LogP contribution is -2.32. The molecule has 0 atom stereocenters. The van der Waals surface area contributed by atoms with Gasteiger partial charge in [0.2, 0.25) is 0 Å². The number of hydrogen-bond donors (Lipinski definition) is 0. The van der Waals surface area contributed by atoms with Crippen molar-refractivity contribution in [3.8, 4) is 0 Å². The third-order valence-electron chi connectivity index (χ3n) is 3.33. The number of rotatable bonds is 3. The fourth-order valence-corrected chi connectivity index (χ4v) is 2.22. The number of pyridine rings is 1. The van der Waals surface area contributed by atoms with Gasteiger partial charge in [0.1, 0.15) is 6.67 Å². The van der Waals surface area contributed by atoms with E-state index in [0.29, 0.717) is 0 Å². The standard InChI is InChI=1S/C14H9N3O5/c18-10-3-5-15(6-4-10)8-16-13(19)11-2-1-9(17(21)22)7-12(11)14(16)20/h1-7H,8H2. The second-order valence-electron chi connectivity index (χ2n) is 4.71. The van der Waals surface area contributed by atoms with Crippen molar-refractivity contribution < 1.29 is 14.5 Å². The second-order valence-corrected chi connectivity index (χ2v) is 4.71. The summed E-state index contributed by atoms with van der Waals surface area (Å²) in [5, 5.41) is 10.8. The molecule has 1 aromatic carbocycles. The monoisotopic (exact) mass is 299 g/mol. The van der Waals surface area contributed by atoms with Gasteiger partial charge in [0.15, 0.2) is 5.43 Å². The van der Waals surface area contributed by atoms with E-state index in [2.05, 4.69) is 0 Å². The molecule has 0 saturated heterocycles. The van der Waals surface area contributed by atoms with Crippen LogP contribution in [0.5, 0.6) is 0 Å². The topological polar surface area (TPSA) is 103 Å². The largest absolute Gasteiger partial charge is 0.335 e. The summed E-state index contributed by atoms with van der Waals surface area (Å²) in [6.07, 6.45) is 2.91. The number of nitrogens with zero attached hydrogens (tertiary/aromatic N) is 3. The molecule has 0 saturated carbocycles. The summed E-state index contributed by atoms with van der Waals surface area (Å²) in [5.41, 5.74) is -0.281. The number of aromatic nitrogens is 1. The molecule has 1 aromatic heterocycles. The minimum Gasteiger partial charge on any atom is -0.335 e. The Labute approximate surface area is 123 Å². The average molecular weight is 299 g/mol. The van der Waals surface area contributed by atoms with E-state index in [1.165, 1.54) is 41.2 Å². The molecule has 0 N–H and O–H groups in total. The van der Waals surface area contributed by atoms with Gasteiger partial charge in [-0.15, -0.1) is 0 Å². The quantitative estimate of drug-likeness (QED) is 0.478. The van der Waals surface area contributed by atoms with Crippen molar-refractivity contribution in [2.75, 3.05) is 0 Å². The lowest BCUT2D eigenvalue weighted by atomic mass is 10.1. The average Bonchev–Trinajstić information content (AvgIpc) is 2.74.